The van der Waals surface area contributed by atoms with E-state index in [1.54, 1.807) is 30.3 Å². The van der Waals surface area contributed by atoms with Gasteiger partial charge in [-0.2, -0.15) is 0 Å². The lowest BCUT2D eigenvalue weighted by atomic mass is 10.1. The average molecular weight is 295 g/mol. The number of ether oxygens (including phenoxy) is 1. The second kappa shape index (κ2) is 7.22. The standard InChI is InChI=1S/C13H17N3O5/c1-13(2,12(18)19)16(3)14-15-21-9-20-11(17)10-7-5-4-6-8-10/h4-8H,9H2,1-3H3,(H,18,19)/b15-14-. The molecule has 0 saturated heterocycles. The summed E-state index contributed by atoms with van der Waals surface area (Å²) in [4.78, 5) is 27.1. The summed E-state index contributed by atoms with van der Waals surface area (Å²) < 4.78 is 4.79. The predicted octanol–water partition coefficient (Wildman–Crippen LogP) is 1.89. The van der Waals surface area contributed by atoms with E-state index in [4.69, 9.17) is 9.84 Å². The van der Waals surface area contributed by atoms with Crippen LogP contribution in [-0.4, -0.2) is 41.4 Å². The SMILES string of the molecule is CN(/N=N\OCOC(=O)c1ccccc1)C(C)(C)C(=O)O. The topological polar surface area (TPSA) is 101 Å². The highest BCUT2D eigenvalue weighted by Gasteiger charge is 2.32. The van der Waals surface area contributed by atoms with Crippen LogP contribution in [0.1, 0.15) is 24.2 Å². The Morgan fingerprint density at radius 1 is 1.29 bits per heavy atom. The number of hydrogen-bond acceptors (Lipinski definition) is 6. The van der Waals surface area contributed by atoms with Gasteiger partial charge in [-0.15, -0.1) is 0 Å². The predicted molar refractivity (Wildman–Crippen MR) is 72.1 cm³/mol. The van der Waals surface area contributed by atoms with Crippen LogP contribution in [0.15, 0.2) is 40.8 Å². The van der Waals surface area contributed by atoms with E-state index in [2.05, 4.69) is 15.3 Å². The molecular weight excluding hydrogens is 278 g/mol. The minimum Gasteiger partial charge on any atom is -0.479 e. The van der Waals surface area contributed by atoms with Gasteiger partial charge in [0, 0.05) is 12.3 Å². The second-order valence-electron chi connectivity index (χ2n) is 4.60. The molecule has 0 fully saturated rings. The molecular formula is C13H17N3O5. The molecule has 1 aromatic rings. The van der Waals surface area contributed by atoms with Crippen LogP contribution in [0.3, 0.4) is 0 Å². The quantitative estimate of drug-likeness (QED) is 0.271. The normalized spacial score (nSPS) is 11.2. The minimum atomic E-state index is -1.23. The first kappa shape index (κ1) is 16.4. The summed E-state index contributed by atoms with van der Waals surface area (Å²) in [5.74, 6) is -1.61. The number of carboxylic acids is 1. The van der Waals surface area contributed by atoms with Crippen LogP contribution in [0.4, 0.5) is 0 Å². The fourth-order valence-corrected chi connectivity index (χ4v) is 1.09. The van der Waals surface area contributed by atoms with Crippen LogP contribution in [0.2, 0.25) is 0 Å². The van der Waals surface area contributed by atoms with Gasteiger partial charge in [-0.1, -0.05) is 18.2 Å². The summed E-state index contributed by atoms with van der Waals surface area (Å²) in [6.45, 7) is 2.51. The smallest absolute Gasteiger partial charge is 0.341 e. The Morgan fingerprint density at radius 2 is 1.90 bits per heavy atom. The first-order valence-corrected chi connectivity index (χ1v) is 6.08. The number of carbonyl (C=O) groups excluding carboxylic acids is 1. The van der Waals surface area contributed by atoms with Crippen LogP contribution < -0.4 is 0 Å². The van der Waals surface area contributed by atoms with Crippen LogP contribution >= 0.6 is 0 Å². The molecule has 0 aliphatic carbocycles. The zero-order valence-corrected chi connectivity index (χ0v) is 12.0. The van der Waals surface area contributed by atoms with Crippen LogP contribution in [0, 0.1) is 0 Å². The molecule has 1 rings (SSSR count). The maximum Gasteiger partial charge on any atom is 0.341 e. The lowest BCUT2D eigenvalue weighted by Gasteiger charge is -2.26. The molecule has 0 spiro atoms. The Morgan fingerprint density at radius 3 is 2.48 bits per heavy atom. The molecule has 0 aromatic heterocycles. The summed E-state index contributed by atoms with van der Waals surface area (Å²) in [5.41, 5.74) is -0.838. The Hall–Kier alpha value is -2.64. The maximum absolute atomic E-state index is 11.5. The third kappa shape index (κ3) is 4.75. The van der Waals surface area contributed by atoms with E-state index in [1.165, 1.54) is 20.9 Å². The Balaban J connectivity index is 2.36. The van der Waals surface area contributed by atoms with Crippen molar-refractivity contribution in [2.45, 2.75) is 19.4 Å². The van der Waals surface area contributed by atoms with E-state index < -0.39 is 24.3 Å². The number of benzene rings is 1. The Kier molecular flexibility index (Phi) is 5.65. The number of hydrogen-bond donors (Lipinski definition) is 1. The number of likely N-dealkylation sites (N-methyl/N-ethyl adjacent to an activating group) is 1. The molecule has 8 heteroatoms. The number of aliphatic carboxylic acids is 1. The lowest BCUT2D eigenvalue weighted by Crippen LogP contribution is -2.44. The molecule has 0 unspecified atom stereocenters. The van der Waals surface area contributed by atoms with Gasteiger partial charge in [-0.25, -0.2) is 9.59 Å². The third-order valence-electron chi connectivity index (χ3n) is 2.81. The molecule has 21 heavy (non-hydrogen) atoms. The molecule has 1 aromatic carbocycles. The van der Waals surface area contributed by atoms with Crippen molar-refractivity contribution in [3.8, 4) is 0 Å². The van der Waals surface area contributed by atoms with Gasteiger partial charge in [0.25, 0.3) is 6.79 Å². The van der Waals surface area contributed by atoms with E-state index >= 15 is 0 Å². The highest BCUT2D eigenvalue weighted by atomic mass is 16.8. The van der Waals surface area contributed by atoms with Gasteiger partial charge >= 0.3 is 11.9 Å². The molecule has 0 heterocycles. The monoisotopic (exact) mass is 295 g/mol. The number of rotatable bonds is 7. The number of nitrogens with zero attached hydrogens (tertiary/aromatic N) is 3. The van der Waals surface area contributed by atoms with E-state index in [0.29, 0.717) is 5.56 Å². The number of carboxylic acid groups (broad SMARTS) is 1. The molecule has 0 atom stereocenters. The fourth-order valence-electron chi connectivity index (χ4n) is 1.09. The van der Waals surface area contributed by atoms with Crippen molar-refractivity contribution in [2.24, 2.45) is 10.5 Å². The molecule has 8 nitrogen and oxygen atoms in total. The largest absolute Gasteiger partial charge is 0.479 e. The molecule has 0 radical (unpaired) electrons. The van der Waals surface area contributed by atoms with E-state index in [-0.39, 0.29) is 0 Å². The number of esters is 1. The van der Waals surface area contributed by atoms with Gasteiger partial charge in [0.1, 0.15) is 0 Å². The maximum atomic E-state index is 11.5. The van der Waals surface area contributed by atoms with Crippen molar-refractivity contribution < 1.29 is 24.3 Å². The van der Waals surface area contributed by atoms with Crippen LogP contribution in [0.25, 0.3) is 0 Å². The van der Waals surface area contributed by atoms with Crippen molar-refractivity contribution >= 4 is 11.9 Å². The first-order valence-electron chi connectivity index (χ1n) is 6.08. The molecule has 1 N–H and O–H groups in total. The number of carbonyl (C=O) groups is 2. The van der Waals surface area contributed by atoms with Crippen molar-refractivity contribution in [1.82, 2.24) is 5.01 Å². The summed E-state index contributed by atoms with van der Waals surface area (Å²) in [6.07, 6.45) is 0. The highest BCUT2D eigenvalue weighted by molar-refractivity contribution is 5.89. The lowest BCUT2D eigenvalue weighted by molar-refractivity contribution is -0.149. The first-order chi connectivity index (χ1) is 9.85. The Labute approximate surface area is 121 Å². The van der Waals surface area contributed by atoms with E-state index in [0.717, 1.165) is 5.01 Å². The third-order valence-corrected chi connectivity index (χ3v) is 2.81. The van der Waals surface area contributed by atoms with Crippen molar-refractivity contribution in [2.75, 3.05) is 13.8 Å². The van der Waals surface area contributed by atoms with E-state index in [1.807, 2.05) is 0 Å². The summed E-state index contributed by atoms with van der Waals surface area (Å²) in [6, 6.07) is 8.40. The van der Waals surface area contributed by atoms with Crippen molar-refractivity contribution in [3.05, 3.63) is 35.9 Å². The zero-order valence-electron chi connectivity index (χ0n) is 12.0. The minimum absolute atomic E-state index is 0.391. The summed E-state index contributed by atoms with van der Waals surface area (Å²) >= 11 is 0. The highest BCUT2D eigenvalue weighted by Crippen LogP contribution is 2.12. The summed E-state index contributed by atoms with van der Waals surface area (Å²) in [7, 11) is 1.44. The molecule has 0 aliphatic heterocycles. The molecule has 114 valence electrons. The van der Waals surface area contributed by atoms with Gasteiger partial charge in [-0.3, -0.25) is 5.01 Å². The van der Waals surface area contributed by atoms with Crippen LogP contribution in [0.5, 0.6) is 0 Å². The average Bonchev–Trinajstić information content (AvgIpc) is 2.47. The molecule has 0 aliphatic rings. The van der Waals surface area contributed by atoms with Crippen LogP contribution in [-0.2, 0) is 14.4 Å². The summed E-state index contributed by atoms with van der Waals surface area (Å²) in [5, 5.41) is 16.9. The molecule has 0 amide bonds. The zero-order chi connectivity index (χ0) is 15.9. The van der Waals surface area contributed by atoms with Gasteiger partial charge in [0.05, 0.1) is 5.56 Å². The molecule has 0 bridgehead atoms. The van der Waals surface area contributed by atoms with Gasteiger partial charge < -0.3 is 14.7 Å². The van der Waals surface area contributed by atoms with Gasteiger partial charge in [0.15, 0.2) is 5.54 Å². The van der Waals surface area contributed by atoms with E-state index in [9.17, 15) is 9.59 Å². The second-order valence-corrected chi connectivity index (χ2v) is 4.60. The van der Waals surface area contributed by atoms with Gasteiger partial charge in [0.2, 0.25) is 0 Å². The molecule has 0 saturated carbocycles. The van der Waals surface area contributed by atoms with Gasteiger partial charge in [-0.05, 0) is 31.2 Å². The Bertz CT molecular complexity index is 516. The fraction of sp³-hybridized carbons (Fsp3) is 0.385. The van der Waals surface area contributed by atoms with Crippen molar-refractivity contribution in [1.29, 1.82) is 0 Å². The van der Waals surface area contributed by atoms with Crippen molar-refractivity contribution in [3.63, 3.8) is 0 Å².